The molecular weight excluding hydrogens is 757 g/mol. The maximum Gasteiger partial charge on any atom is 0.306 e. The molecule has 0 aromatic rings. The van der Waals surface area contributed by atoms with Crippen LogP contribution in [-0.2, 0) is 28.6 Å². The maximum absolute atomic E-state index is 12.8. The van der Waals surface area contributed by atoms with Gasteiger partial charge in [-0.2, -0.15) is 0 Å². The Bertz CT molecular complexity index is 1250. The van der Waals surface area contributed by atoms with E-state index in [1.807, 2.05) is 0 Å². The van der Waals surface area contributed by atoms with Crippen LogP contribution in [-0.4, -0.2) is 37.2 Å². The number of rotatable bonds is 43. The fourth-order valence-corrected chi connectivity index (χ4v) is 6.37. The largest absolute Gasteiger partial charge is 0.462 e. The second-order valence-electron chi connectivity index (χ2n) is 16.0. The lowest BCUT2D eigenvalue weighted by Gasteiger charge is -2.18. The topological polar surface area (TPSA) is 78.9 Å². The van der Waals surface area contributed by atoms with Crippen molar-refractivity contribution in [2.75, 3.05) is 13.2 Å². The normalized spacial score (nSPS) is 12.9. The second kappa shape index (κ2) is 49.0. The summed E-state index contributed by atoms with van der Waals surface area (Å²) in [6.45, 7) is 6.31. The third-order valence-corrected chi connectivity index (χ3v) is 10.1. The van der Waals surface area contributed by atoms with E-state index in [9.17, 15) is 14.4 Å². The lowest BCUT2D eigenvalue weighted by atomic mass is 10.1. The van der Waals surface area contributed by atoms with Crippen molar-refractivity contribution in [1.29, 1.82) is 0 Å². The molecule has 0 aromatic carbocycles. The average Bonchev–Trinajstić information content (AvgIpc) is 3.26. The molecule has 0 saturated carbocycles. The van der Waals surface area contributed by atoms with Gasteiger partial charge in [-0.1, -0.05) is 182 Å². The van der Waals surface area contributed by atoms with Crippen LogP contribution in [0.2, 0.25) is 0 Å². The molecule has 6 nitrogen and oxygen atoms in total. The van der Waals surface area contributed by atoms with E-state index in [0.29, 0.717) is 19.3 Å². The number of allylic oxidation sites excluding steroid dienone is 16. The van der Waals surface area contributed by atoms with Crippen molar-refractivity contribution in [1.82, 2.24) is 0 Å². The summed E-state index contributed by atoms with van der Waals surface area (Å²) in [5.41, 5.74) is 0. The minimum absolute atomic E-state index is 0.0991. The van der Waals surface area contributed by atoms with Gasteiger partial charge in [-0.3, -0.25) is 14.4 Å². The van der Waals surface area contributed by atoms with Crippen molar-refractivity contribution in [3.05, 3.63) is 97.2 Å². The second-order valence-corrected chi connectivity index (χ2v) is 16.0. The summed E-state index contributed by atoms with van der Waals surface area (Å²) in [5, 5.41) is 0. The third-order valence-electron chi connectivity index (χ3n) is 10.1. The number of ether oxygens (including phenoxy) is 3. The first-order valence-electron chi connectivity index (χ1n) is 24.7. The molecular formula is C55H90O6. The molecule has 0 aliphatic carbocycles. The first-order valence-corrected chi connectivity index (χ1v) is 24.7. The highest BCUT2D eigenvalue weighted by Crippen LogP contribution is 2.13. The summed E-state index contributed by atoms with van der Waals surface area (Å²) in [6, 6.07) is 0. The average molecular weight is 847 g/mol. The highest BCUT2D eigenvalue weighted by molar-refractivity contribution is 5.71. The molecule has 0 fully saturated rings. The molecule has 6 heteroatoms. The monoisotopic (exact) mass is 847 g/mol. The van der Waals surface area contributed by atoms with Crippen molar-refractivity contribution >= 4 is 17.9 Å². The predicted octanol–water partition coefficient (Wildman–Crippen LogP) is 16.2. The number of esters is 3. The zero-order chi connectivity index (χ0) is 44.4. The van der Waals surface area contributed by atoms with Gasteiger partial charge in [0.1, 0.15) is 13.2 Å². The number of carbonyl (C=O) groups excluding carboxylic acids is 3. The summed E-state index contributed by atoms with van der Waals surface area (Å²) >= 11 is 0. The van der Waals surface area contributed by atoms with Gasteiger partial charge in [0.2, 0.25) is 0 Å². The molecule has 0 rings (SSSR count). The minimum atomic E-state index is -0.801. The van der Waals surface area contributed by atoms with Crippen molar-refractivity contribution in [3.8, 4) is 0 Å². The number of hydrogen-bond donors (Lipinski definition) is 0. The van der Waals surface area contributed by atoms with Crippen LogP contribution in [0.5, 0.6) is 0 Å². The zero-order valence-corrected chi connectivity index (χ0v) is 39.4. The third kappa shape index (κ3) is 47.2. The Morgan fingerprint density at radius 2 is 0.639 bits per heavy atom. The van der Waals surface area contributed by atoms with E-state index in [0.717, 1.165) is 148 Å². The Hall–Kier alpha value is -3.67. The molecule has 1 atom stereocenters. The van der Waals surface area contributed by atoms with Crippen LogP contribution in [0.25, 0.3) is 0 Å². The van der Waals surface area contributed by atoms with Gasteiger partial charge in [0.25, 0.3) is 0 Å². The molecule has 0 saturated heterocycles. The molecule has 0 N–H and O–H groups in total. The molecule has 0 bridgehead atoms. The van der Waals surface area contributed by atoms with Gasteiger partial charge in [0.15, 0.2) is 6.10 Å². The van der Waals surface area contributed by atoms with Crippen molar-refractivity contribution in [2.24, 2.45) is 0 Å². The van der Waals surface area contributed by atoms with E-state index in [1.54, 1.807) is 0 Å². The van der Waals surface area contributed by atoms with Crippen LogP contribution >= 0.6 is 0 Å². The van der Waals surface area contributed by atoms with E-state index in [4.69, 9.17) is 14.2 Å². The van der Waals surface area contributed by atoms with E-state index >= 15 is 0 Å². The van der Waals surface area contributed by atoms with Gasteiger partial charge in [-0.15, -0.1) is 0 Å². The molecule has 0 heterocycles. The lowest BCUT2D eigenvalue weighted by Crippen LogP contribution is -2.30. The van der Waals surface area contributed by atoms with Crippen LogP contribution in [0.3, 0.4) is 0 Å². The van der Waals surface area contributed by atoms with E-state index < -0.39 is 6.10 Å². The van der Waals surface area contributed by atoms with Crippen molar-refractivity contribution in [2.45, 2.75) is 219 Å². The van der Waals surface area contributed by atoms with Gasteiger partial charge in [0.05, 0.1) is 0 Å². The maximum atomic E-state index is 12.8. The number of unbranched alkanes of at least 4 members (excludes halogenated alkanes) is 16. The minimum Gasteiger partial charge on any atom is -0.462 e. The molecule has 0 unspecified atom stereocenters. The summed E-state index contributed by atoms with van der Waals surface area (Å²) < 4.78 is 16.7. The molecule has 346 valence electrons. The van der Waals surface area contributed by atoms with Gasteiger partial charge in [-0.05, 0) is 109 Å². The quantitative estimate of drug-likeness (QED) is 0.0263. The number of hydrogen-bond acceptors (Lipinski definition) is 6. The SMILES string of the molecule is CC/C=C\C/C=C\C/C=C\C/C=C\CCCCCCC(=O)O[C@H](COC(=O)CCCCCCC/C=C\C/C=C\C/C=C\CC)COC(=O)CCCCCCC/C=C\CCCC. The Kier molecular flexibility index (Phi) is 46.0. The van der Waals surface area contributed by atoms with Gasteiger partial charge in [0, 0.05) is 19.3 Å². The Morgan fingerprint density at radius 3 is 1.02 bits per heavy atom. The predicted molar refractivity (Wildman–Crippen MR) is 260 cm³/mol. The van der Waals surface area contributed by atoms with Gasteiger partial charge in [-0.25, -0.2) is 0 Å². The first kappa shape index (κ1) is 57.3. The van der Waals surface area contributed by atoms with Gasteiger partial charge >= 0.3 is 17.9 Å². The van der Waals surface area contributed by atoms with E-state index in [2.05, 4.69) is 118 Å². The number of carbonyl (C=O) groups is 3. The fraction of sp³-hybridized carbons (Fsp3) is 0.655. The molecule has 61 heavy (non-hydrogen) atoms. The summed E-state index contributed by atoms with van der Waals surface area (Å²) in [5.74, 6) is -0.956. The molecule has 0 aliphatic rings. The summed E-state index contributed by atoms with van der Waals surface area (Å²) in [7, 11) is 0. The highest BCUT2D eigenvalue weighted by atomic mass is 16.6. The lowest BCUT2D eigenvalue weighted by molar-refractivity contribution is -0.167. The zero-order valence-electron chi connectivity index (χ0n) is 39.4. The summed E-state index contributed by atoms with van der Waals surface area (Å²) in [4.78, 5) is 37.9. The van der Waals surface area contributed by atoms with E-state index in [-0.39, 0.29) is 31.1 Å². The molecule has 0 spiro atoms. The van der Waals surface area contributed by atoms with Gasteiger partial charge < -0.3 is 14.2 Å². The van der Waals surface area contributed by atoms with Crippen LogP contribution in [0.4, 0.5) is 0 Å². The summed E-state index contributed by atoms with van der Waals surface area (Å²) in [6.07, 6.45) is 63.9. The Morgan fingerprint density at radius 1 is 0.344 bits per heavy atom. The highest BCUT2D eigenvalue weighted by Gasteiger charge is 2.19. The Labute approximate surface area is 375 Å². The van der Waals surface area contributed by atoms with Crippen LogP contribution in [0, 0.1) is 0 Å². The molecule has 0 aromatic heterocycles. The van der Waals surface area contributed by atoms with Crippen molar-refractivity contribution in [3.63, 3.8) is 0 Å². The van der Waals surface area contributed by atoms with Crippen LogP contribution < -0.4 is 0 Å². The van der Waals surface area contributed by atoms with Crippen LogP contribution in [0.15, 0.2) is 97.2 Å². The first-order chi connectivity index (χ1) is 30.0. The molecule has 0 amide bonds. The standard InChI is InChI=1S/C55H90O6/c1-4-7-10-13-16-19-22-24-26-27-29-31-34-37-40-43-46-49-55(58)61-52(50-59-53(56)47-44-41-38-35-32-21-18-15-12-9-6-3)51-60-54(57)48-45-42-39-36-33-30-28-25-23-20-17-14-11-8-5-2/h7-8,10-11,15-20,24-26,28-29,31,52H,4-6,9,12-14,21-23,27,30,32-51H2,1-3H3/b10-7-,11-8-,18-15-,19-16-,20-17-,26-24-,28-25-,31-29-/t52-/m0/s1. The van der Waals surface area contributed by atoms with E-state index in [1.165, 1.54) is 25.7 Å². The smallest absolute Gasteiger partial charge is 0.306 e. The van der Waals surface area contributed by atoms with Crippen LogP contribution in [0.1, 0.15) is 213 Å². The molecule has 0 radical (unpaired) electrons. The van der Waals surface area contributed by atoms with Crippen molar-refractivity contribution < 1.29 is 28.6 Å². The molecule has 0 aliphatic heterocycles. The Balaban J connectivity index is 4.47. The fourth-order valence-electron chi connectivity index (χ4n) is 6.37.